The molecule has 6 heteroatoms. The van der Waals surface area contributed by atoms with Gasteiger partial charge in [-0.2, -0.15) is 10.5 Å². The van der Waals surface area contributed by atoms with Gasteiger partial charge in [0.05, 0.1) is 0 Å². The standard InChI is InChI=1S/C8H5N5O/c9-4-7-3-6(1-2-11-7)8(14)13-12-5-10/h1-3,12H,(H,13,14). The van der Waals surface area contributed by atoms with Crippen molar-refractivity contribution in [2.45, 2.75) is 0 Å². The van der Waals surface area contributed by atoms with Crippen LogP contribution in [0.3, 0.4) is 0 Å². The summed E-state index contributed by atoms with van der Waals surface area (Å²) in [5.41, 5.74) is 4.51. The Bertz CT molecular complexity index is 428. The van der Waals surface area contributed by atoms with Crippen molar-refractivity contribution in [2.75, 3.05) is 0 Å². The molecular formula is C8H5N5O. The number of nitriles is 2. The molecule has 0 bridgehead atoms. The second kappa shape index (κ2) is 4.43. The van der Waals surface area contributed by atoms with Crippen LogP contribution in [0.2, 0.25) is 0 Å². The smallest absolute Gasteiger partial charge is 0.267 e. The van der Waals surface area contributed by atoms with E-state index in [1.807, 2.05) is 5.43 Å². The number of hydrogen-bond donors (Lipinski definition) is 2. The highest BCUT2D eigenvalue weighted by Crippen LogP contribution is 1.99. The van der Waals surface area contributed by atoms with Gasteiger partial charge in [-0.1, -0.05) is 0 Å². The van der Waals surface area contributed by atoms with Gasteiger partial charge in [-0.15, -0.1) is 0 Å². The van der Waals surface area contributed by atoms with Gasteiger partial charge in [0, 0.05) is 11.8 Å². The zero-order valence-electron chi connectivity index (χ0n) is 6.98. The Balaban J connectivity index is 2.82. The molecule has 6 nitrogen and oxygen atoms in total. The van der Waals surface area contributed by atoms with Gasteiger partial charge in [0.1, 0.15) is 11.8 Å². The van der Waals surface area contributed by atoms with Crippen LogP contribution in [-0.2, 0) is 0 Å². The Morgan fingerprint density at radius 1 is 1.50 bits per heavy atom. The van der Waals surface area contributed by atoms with Crippen molar-refractivity contribution in [3.05, 3.63) is 29.6 Å². The number of carbonyl (C=O) groups is 1. The lowest BCUT2D eigenvalue weighted by molar-refractivity contribution is 0.0942. The highest BCUT2D eigenvalue weighted by atomic mass is 16.2. The maximum atomic E-state index is 11.2. The minimum Gasteiger partial charge on any atom is -0.267 e. The summed E-state index contributed by atoms with van der Waals surface area (Å²) in [6, 6.07) is 4.57. The van der Waals surface area contributed by atoms with Gasteiger partial charge in [0.25, 0.3) is 5.91 Å². The quantitative estimate of drug-likeness (QED) is 0.375. The molecule has 14 heavy (non-hydrogen) atoms. The molecule has 0 unspecified atom stereocenters. The largest absolute Gasteiger partial charge is 0.270 e. The van der Waals surface area contributed by atoms with E-state index in [0.29, 0.717) is 0 Å². The highest BCUT2D eigenvalue weighted by molar-refractivity contribution is 5.94. The van der Waals surface area contributed by atoms with Crippen molar-refractivity contribution in [1.29, 1.82) is 10.5 Å². The minimum absolute atomic E-state index is 0.148. The Morgan fingerprint density at radius 2 is 2.29 bits per heavy atom. The van der Waals surface area contributed by atoms with Crippen molar-refractivity contribution in [1.82, 2.24) is 15.8 Å². The van der Waals surface area contributed by atoms with Gasteiger partial charge in [-0.05, 0) is 12.1 Å². The number of nitrogens with zero attached hydrogens (tertiary/aromatic N) is 3. The van der Waals surface area contributed by atoms with Gasteiger partial charge in [0.2, 0.25) is 0 Å². The van der Waals surface area contributed by atoms with E-state index in [1.54, 1.807) is 6.07 Å². The second-order valence-electron chi connectivity index (χ2n) is 2.23. The van der Waals surface area contributed by atoms with Crippen molar-refractivity contribution in [3.63, 3.8) is 0 Å². The third-order valence-electron chi connectivity index (χ3n) is 1.37. The molecule has 1 aromatic heterocycles. The monoisotopic (exact) mass is 187 g/mol. The number of rotatable bonds is 2. The molecular weight excluding hydrogens is 182 g/mol. The highest BCUT2D eigenvalue weighted by Gasteiger charge is 2.05. The molecule has 0 saturated heterocycles. The fourth-order valence-corrected chi connectivity index (χ4v) is 0.790. The van der Waals surface area contributed by atoms with E-state index >= 15 is 0 Å². The lowest BCUT2D eigenvalue weighted by atomic mass is 10.2. The van der Waals surface area contributed by atoms with Crippen LogP contribution >= 0.6 is 0 Å². The Labute approximate surface area is 79.8 Å². The lowest BCUT2D eigenvalue weighted by Gasteiger charge is -2.00. The van der Waals surface area contributed by atoms with Crippen LogP contribution in [0, 0.1) is 22.8 Å². The lowest BCUT2D eigenvalue weighted by Crippen LogP contribution is -2.33. The molecule has 2 N–H and O–H groups in total. The van der Waals surface area contributed by atoms with Crippen LogP contribution in [-0.4, -0.2) is 10.9 Å². The number of nitrogens with one attached hydrogen (secondary N) is 2. The fourth-order valence-electron chi connectivity index (χ4n) is 0.790. The molecule has 0 atom stereocenters. The Kier molecular flexibility index (Phi) is 3.00. The van der Waals surface area contributed by atoms with E-state index in [-0.39, 0.29) is 11.3 Å². The van der Waals surface area contributed by atoms with Crippen molar-refractivity contribution >= 4 is 5.91 Å². The predicted molar refractivity (Wildman–Crippen MR) is 45.2 cm³/mol. The zero-order chi connectivity index (χ0) is 10.4. The molecule has 0 saturated carbocycles. The minimum atomic E-state index is -0.495. The van der Waals surface area contributed by atoms with Crippen LogP contribution in [0.25, 0.3) is 0 Å². The first-order valence-corrected chi connectivity index (χ1v) is 3.58. The van der Waals surface area contributed by atoms with Crippen LogP contribution in [0.5, 0.6) is 0 Å². The average Bonchev–Trinajstić information content (AvgIpc) is 2.26. The second-order valence-corrected chi connectivity index (χ2v) is 2.23. The third-order valence-corrected chi connectivity index (χ3v) is 1.37. The normalized spacial score (nSPS) is 8.14. The first-order valence-electron chi connectivity index (χ1n) is 3.58. The van der Waals surface area contributed by atoms with E-state index < -0.39 is 5.91 Å². The summed E-state index contributed by atoms with van der Waals surface area (Å²) >= 11 is 0. The number of carbonyl (C=O) groups excluding carboxylic acids is 1. The SMILES string of the molecule is N#CNNC(=O)c1ccnc(C#N)c1. The van der Waals surface area contributed by atoms with Gasteiger partial charge >= 0.3 is 0 Å². The number of pyridine rings is 1. The molecule has 0 aliphatic heterocycles. The molecule has 0 spiro atoms. The predicted octanol–water partition coefficient (Wildman–Crippen LogP) is -0.331. The summed E-state index contributed by atoms with van der Waals surface area (Å²) in [7, 11) is 0. The summed E-state index contributed by atoms with van der Waals surface area (Å²) in [5.74, 6) is -0.495. The summed E-state index contributed by atoms with van der Waals surface area (Å²) in [6.07, 6.45) is 2.88. The Hall–Kier alpha value is -2.60. The number of aromatic nitrogens is 1. The van der Waals surface area contributed by atoms with Crippen LogP contribution in [0.15, 0.2) is 18.3 Å². The van der Waals surface area contributed by atoms with Crippen LogP contribution < -0.4 is 10.9 Å². The van der Waals surface area contributed by atoms with Gasteiger partial charge in [-0.25, -0.2) is 10.4 Å². The Morgan fingerprint density at radius 3 is 2.93 bits per heavy atom. The van der Waals surface area contributed by atoms with Crippen molar-refractivity contribution in [3.8, 4) is 12.3 Å². The van der Waals surface area contributed by atoms with E-state index in [2.05, 4.69) is 10.4 Å². The van der Waals surface area contributed by atoms with Crippen LogP contribution in [0.4, 0.5) is 0 Å². The number of hydrazine groups is 1. The average molecular weight is 187 g/mol. The molecule has 0 radical (unpaired) electrons. The molecule has 0 fully saturated rings. The zero-order valence-corrected chi connectivity index (χ0v) is 6.98. The number of hydrogen-bond acceptors (Lipinski definition) is 5. The topological polar surface area (TPSA) is 102 Å². The van der Waals surface area contributed by atoms with Gasteiger partial charge in [0.15, 0.2) is 6.19 Å². The van der Waals surface area contributed by atoms with E-state index in [0.717, 1.165) is 0 Å². The molecule has 1 amide bonds. The van der Waals surface area contributed by atoms with Gasteiger partial charge in [-0.3, -0.25) is 10.2 Å². The van der Waals surface area contributed by atoms with E-state index in [1.165, 1.54) is 24.5 Å². The number of amides is 1. The maximum Gasteiger partial charge on any atom is 0.270 e. The molecule has 68 valence electrons. The summed E-state index contributed by atoms with van der Waals surface area (Å²) in [4.78, 5) is 14.9. The third kappa shape index (κ3) is 2.19. The van der Waals surface area contributed by atoms with Crippen LogP contribution in [0.1, 0.15) is 16.1 Å². The van der Waals surface area contributed by atoms with Crippen molar-refractivity contribution in [2.24, 2.45) is 0 Å². The molecule has 0 aliphatic carbocycles. The fraction of sp³-hybridized carbons (Fsp3) is 0. The molecule has 1 heterocycles. The summed E-state index contributed by atoms with van der Waals surface area (Å²) in [6.45, 7) is 0. The van der Waals surface area contributed by atoms with E-state index in [9.17, 15) is 4.79 Å². The van der Waals surface area contributed by atoms with Gasteiger partial charge < -0.3 is 0 Å². The summed E-state index contributed by atoms with van der Waals surface area (Å²) < 4.78 is 0. The molecule has 0 aliphatic rings. The molecule has 0 aromatic carbocycles. The first-order chi connectivity index (χ1) is 6.77. The first kappa shape index (κ1) is 9.49. The van der Waals surface area contributed by atoms with Crippen molar-refractivity contribution < 1.29 is 4.79 Å². The molecule has 1 aromatic rings. The maximum absolute atomic E-state index is 11.2. The summed E-state index contributed by atoms with van der Waals surface area (Å²) in [5, 5.41) is 16.6. The molecule has 1 rings (SSSR count). The van der Waals surface area contributed by atoms with E-state index in [4.69, 9.17) is 10.5 Å².